The van der Waals surface area contributed by atoms with Crippen molar-refractivity contribution in [3.8, 4) is 0 Å². The lowest BCUT2D eigenvalue weighted by Crippen LogP contribution is -2.51. The van der Waals surface area contributed by atoms with E-state index in [4.69, 9.17) is 0 Å². The average Bonchev–Trinajstić information content (AvgIpc) is 2.74. The van der Waals surface area contributed by atoms with Crippen molar-refractivity contribution in [1.29, 1.82) is 0 Å². The topological polar surface area (TPSA) is 12.0 Å². The lowest BCUT2D eigenvalue weighted by molar-refractivity contribution is -0.292. The molecule has 0 spiro atoms. The summed E-state index contributed by atoms with van der Waals surface area (Å²) in [4.78, 5) is 0. The van der Waals surface area contributed by atoms with E-state index in [1.807, 2.05) is 0 Å². The van der Waals surface area contributed by atoms with E-state index in [2.05, 4.69) is 5.32 Å². The van der Waals surface area contributed by atoms with Crippen LogP contribution in [0.5, 0.6) is 0 Å². The third kappa shape index (κ3) is 4.97. The van der Waals surface area contributed by atoms with E-state index in [0.717, 1.165) is 5.56 Å². The lowest BCUT2D eigenvalue weighted by atomic mass is 9.93. The standard InChI is InChI=1S/C12H15F6NS/c1-2-19-9(4-3-8-5-6-20-7-8)10(11(13,14)15)12(16,17)18/h5-7,9-10,19H,2-4H2,1H3. The molecule has 1 aromatic rings. The largest absolute Gasteiger partial charge is 0.401 e. The van der Waals surface area contributed by atoms with Crippen molar-refractivity contribution in [2.45, 2.75) is 38.2 Å². The van der Waals surface area contributed by atoms with Crippen LogP contribution in [0.3, 0.4) is 0 Å². The number of rotatable bonds is 6. The van der Waals surface area contributed by atoms with Gasteiger partial charge in [0.05, 0.1) is 0 Å². The second kappa shape index (κ2) is 6.80. The molecule has 20 heavy (non-hydrogen) atoms. The van der Waals surface area contributed by atoms with Gasteiger partial charge in [-0.2, -0.15) is 37.7 Å². The molecule has 1 nitrogen and oxygen atoms in total. The van der Waals surface area contributed by atoms with Gasteiger partial charge in [-0.05, 0) is 41.8 Å². The zero-order valence-electron chi connectivity index (χ0n) is 10.7. The molecule has 0 aliphatic rings. The maximum Gasteiger partial charge on any atom is 0.401 e. The Morgan fingerprint density at radius 3 is 2.15 bits per heavy atom. The van der Waals surface area contributed by atoms with Crippen LogP contribution in [0.15, 0.2) is 16.8 Å². The third-order valence-corrected chi connectivity index (χ3v) is 3.63. The van der Waals surface area contributed by atoms with Gasteiger partial charge in [0.2, 0.25) is 0 Å². The molecule has 0 amide bonds. The molecule has 1 atom stereocenters. The van der Waals surface area contributed by atoms with Gasteiger partial charge in [-0.1, -0.05) is 6.92 Å². The van der Waals surface area contributed by atoms with Crippen LogP contribution in [0.2, 0.25) is 0 Å². The quantitative estimate of drug-likeness (QED) is 0.766. The maximum atomic E-state index is 12.7. The summed E-state index contributed by atoms with van der Waals surface area (Å²) < 4.78 is 76.2. The summed E-state index contributed by atoms with van der Waals surface area (Å²) in [5, 5.41) is 5.78. The predicted octanol–water partition coefficient (Wildman–Crippen LogP) is 4.40. The first kappa shape index (κ1) is 17.3. The Bertz CT molecular complexity index is 370. The molecule has 0 radical (unpaired) electrons. The molecule has 8 heteroatoms. The highest BCUT2D eigenvalue weighted by molar-refractivity contribution is 7.07. The number of aryl methyl sites for hydroxylation is 1. The van der Waals surface area contributed by atoms with Crippen molar-refractivity contribution in [1.82, 2.24) is 5.32 Å². The van der Waals surface area contributed by atoms with Gasteiger partial charge >= 0.3 is 12.4 Å². The number of nitrogens with one attached hydrogen (secondary N) is 1. The molecule has 1 N–H and O–H groups in total. The van der Waals surface area contributed by atoms with Gasteiger partial charge in [-0.3, -0.25) is 0 Å². The zero-order valence-corrected chi connectivity index (χ0v) is 11.5. The predicted molar refractivity (Wildman–Crippen MR) is 65.7 cm³/mol. The van der Waals surface area contributed by atoms with E-state index in [9.17, 15) is 26.3 Å². The van der Waals surface area contributed by atoms with E-state index in [1.54, 1.807) is 16.8 Å². The summed E-state index contributed by atoms with van der Waals surface area (Å²) in [6, 6.07) is 0.0315. The zero-order chi connectivity index (χ0) is 15.4. The molecule has 0 saturated heterocycles. The summed E-state index contributed by atoms with van der Waals surface area (Å²) >= 11 is 1.36. The molecule has 1 aromatic heterocycles. The molecule has 1 unspecified atom stereocenters. The second-order valence-corrected chi connectivity index (χ2v) is 5.18. The Labute approximate surface area is 117 Å². The smallest absolute Gasteiger partial charge is 0.313 e. The number of alkyl halides is 6. The Morgan fingerprint density at radius 2 is 1.75 bits per heavy atom. The Morgan fingerprint density at radius 1 is 1.15 bits per heavy atom. The van der Waals surface area contributed by atoms with Crippen LogP contribution >= 0.6 is 11.3 Å². The van der Waals surface area contributed by atoms with Crippen LogP contribution < -0.4 is 5.32 Å². The number of hydrogen-bond donors (Lipinski definition) is 1. The van der Waals surface area contributed by atoms with E-state index < -0.39 is 24.3 Å². The summed E-state index contributed by atoms with van der Waals surface area (Å²) in [6.45, 7) is 1.54. The third-order valence-electron chi connectivity index (χ3n) is 2.90. The van der Waals surface area contributed by atoms with Crippen LogP contribution in [-0.4, -0.2) is 24.9 Å². The number of thiophene rings is 1. The summed E-state index contributed by atoms with van der Waals surface area (Å²) in [6.07, 6.45) is -10.6. The fourth-order valence-corrected chi connectivity index (χ4v) is 2.75. The Balaban J connectivity index is 2.84. The van der Waals surface area contributed by atoms with Crippen molar-refractivity contribution in [3.05, 3.63) is 22.4 Å². The highest BCUT2D eigenvalue weighted by atomic mass is 32.1. The van der Waals surface area contributed by atoms with Gasteiger partial charge in [0, 0.05) is 6.04 Å². The van der Waals surface area contributed by atoms with Gasteiger partial charge in [0.25, 0.3) is 0 Å². The van der Waals surface area contributed by atoms with Crippen molar-refractivity contribution in [2.24, 2.45) is 5.92 Å². The highest BCUT2D eigenvalue weighted by Gasteiger charge is 2.59. The van der Waals surface area contributed by atoms with Gasteiger partial charge in [-0.25, -0.2) is 0 Å². The molecule has 0 saturated carbocycles. The van der Waals surface area contributed by atoms with E-state index in [-0.39, 0.29) is 19.4 Å². The van der Waals surface area contributed by atoms with Crippen LogP contribution in [0, 0.1) is 5.92 Å². The highest BCUT2D eigenvalue weighted by Crippen LogP contribution is 2.42. The van der Waals surface area contributed by atoms with E-state index >= 15 is 0 Å². The SMILES string of the molecule is CCNC(CCc1ccsc1)C(C(F)(F)F)C(F)(F)F. The van der Waals surface area contributed by atoms with Crippen molar-refractivity contribution < 1.29 is 26.3 Å². The number of hydrogen-bond acceptors (Lipinski definition) is 2. The van der Waals surface area contributed by atoms with Crippen molar-refractivity contribution >= 4 is 11.3 Å². The van der Waals surface area contributed by atoms with Crippen molar-refractivity contribution in [3.63, 3.8) is 0 Å². The summed E-state index contributed by atoms with van der Waals surface area (Å²) in [7, 11) is 0. The summed E-state index contributed by atoms with van der Waals surface area (Å²) in [5.74, 6) is -3.34. The molecule has 0 aliphatic carbocycles. The first-order valence-electron chi connectivity index (χ1n) is 6.04. The molecule has 1 heterocycles. The minimum atomic E-state index is -5.31. The first-order valence-corrected chi connectivity index (χ1v) is 6.98. The maximum absolute atomic E-state index is 12.7. The van der Waals surface area contributed by atoms with Crippen LogP contribution in [0.25, 0.3) is 0 Å². The number of halogens is 6. The molecule has 0 fully saturated rings. The van der Waals surface area contributed by atoms with Crippen LogP contribution in [0.1, 0.15) is 18.9 Å². The fraction of sp³-hybridized carbons (Fsp3) is 0.667. The van der Waals surface area contributed by atoms with Gasteiger partial charge in [0.15, 0.2) is 5.92 Å². The first-order chi connectivity index (χ1) is 9.16. The molecule has 116 valence electrons. The second-order valence-electron chi connectivity index (χ2n) is 4.40. The minimum absolute atomic E-state index is 0.0525. The van der Waals surface area contributed by atoms with Gasteiger partial charge in [-0.15, -0.1) is 0 Å². The van der Waals surface area contributed by atoms with E-state index in [1.165, 1.54) is 18.3 Å². The Hall–Kier alpha value is -0.760. The molecular formula is C12H15F6NS. The molecular weight excluding hydrogens is 304 g/mol. The van der Waals surface area contributed by atoms with Crippen LogP contribution in [-0.2, 0) is 6.42 Å². The summed E-state index contributed by atoms with van der Waals surface area (Å²) in [5.41, 5.74) is 0.751. The molecule has 0 aliphatic heterocycles. The molecule has 1 rings (SSSR count). The van der Waals surface area contributed by atoms with Crippen LogP contribution in [0.4, 0.5) is 26.3 Å². The van der Waals surface area contributed by atoms with Gasteiger partial charge in [0.1, 0.15) is 0 Å². The normalized spacial score (nSPS) is 14.8. The fourth-order valence-electron chi connectivity index (χ4n) is 2.05. The minimum Gasteiger partial charge on any atom is -0.313 e. The van der Waals surface area contributed by atoms with Gasteiger partial charge < -0.3 is 5.32 Å². The Kier molecular flexibility index (Phi) is 5.88. The lowest BCUT2D eigenvalue weighted by Gasteiger charge is -2.31. The van der Waals surface area contributed by atoms with Crippen molar-refractivity contribution in [2.75, 3.05) is 6.54 Å². The molecule has 0 bridgehead atoms. The average molecular weight is 319 g/mol. The van der Waals surface area contributed by atoms with E-state index in [0.29, 0.717) is 0 Å². The monoisotopic (exact) mass is 319 g/mol. The molecule has 0 aromatic carbocycles.